The van der Waals surface area contributed by atoms with Crippen molar-refractivity contribution >= 4 is 11.0 Å². The highest BCUT2D eigenvalue weighted by molar-refractivity contribution is 5.75. The van der Waals surface area contributed by atoms with E-state index in [-0.39, 0.29) is 0 Å². The Morgan fingerprint density at radius 1 is 1.04 bits per heavy atom. The van der Waals surface area contributed by atoms with Crippen molar-refractivity contribution in [2.24, 2.45) is 5.73 Å². The Balaban J connectivity index is 1.61. The topological polar surface area (TPSA) is 53.1 Å². The largest absolute Gasteiger partial charge is 0.494 e. The van der Waals surface area contributed by atoms with E-state index >= 15 is 0 Å². The molecule has 2 aromatic carbocycles. The number of hydrogen-bond acceptors (Lipinski definition) is 3. The van der Waals surface area contributed by atoms with Crippen LogP contribution in [-0.4, -0.2) is 22.7 Å². The van der Waals surface area contributed by atoms with Gasteiger partial charge < -0.3 is 15.0 Å². The molecular weight excluding hydrogens is 310 g/mol. The van der Waals surface area contributed by atoms with Crippen LogP contribution in [0.3, 0.4) is 0 Å². The fourth-order valence-electron chi connectivity index (χ4n) is 3.06. The molecule has 1 heterocycles. The molecule has 0 aliphatic rings. The van der Waals surface area contributed by atoms with Crippen LogP contribution in [0, 0.1) is 0 Å². The first-order valence-corrected chi connectivity index (χ1v) is 9.17. The number of aryl methyl sites for hydroxylation is 3. The third-order valence-electron chi connectivity index (χ3n) is 4.46. The van der Waals surface area contributed by atoms with Gasteiger partial charge in [-0.15, -0.1) is 0 Å². The summed E-state index contributed by atoms with van der Waals surface area (Å²) in [5.41, 5.74) is 9.26. The van der Waals surface area contributed by atoms with Gasteiger partial charge in [0.25, 0.3) is 0 Å². The first kappa shape index (κ1) is 17.5. The normalized spacial score (nSPS) is 11.1. The summed E-state index contributed by atoms with van der Waals surface area (Å²) in [6, 6.07) is 16.7. The monoisotopic (exact) mass is 337 g/mol. The summed E-state index contributed by atoms with van der Waals surface area (Å²) in [6.07, 6.45) is 3.89. The number of fused-ring (bicyclic) bond motifs is 1. The third-order valence-corrected chi connectivity index (χ3v) is 4.46. The van der Waals surface area contributed by atoms with Gasteiger partial charge >= 0.3 is 0 Å². The maximum atomic E-state index is 5.88. The van der Waals surface area contributed by atoms with E-state index in [1.807, 2.05) is 6.07 Å². The minimum absolute atomic E-state index is 0.695. The van der Waals surface area contributed by atoms with Crippen LogP contribution in [0.15, 0.2) is 48.5 Å². The second-order valence-corrected chi connectivity index (χ2v) is 6.26. The molecule has 1 aromatic heterocycles. The van der Waals surface area contributed by atoms with Gasteiger partial charge in [0.05, 0.1) is 17.6 Å². The summed E-state index contributed by atoms with van der Waals surface area (Å²) in [6.45, 7) is 4.47. The van der Waals surface area contributed by atoms with Crippen LogP contribution in [0.25, 0.3) is 11.0 Å². The average Bonchev–Trinajstić information content (AvgIpc) is 3.01. The molecule has 0 aliphatic carbocycles. The van der Waals surface area contributed by atoms with E-state index in [9.17, 15) is 0 Å². The molecule has 0 fully saturated rings. The number of benzene rings is 2. The molecule has 4 nitrogen and oxygen atoms in total. The molecule has 3 aromatic rings. The van der Waals surface area contributed by atoms with E-state index in [4.69, 9.17) is 15.5 Å². The van der Waals surface area contributed by atoms with Crippen molar-refractivity contribution in [3.63, 3.8) is 0 Å². The van der Waals surface area contributed by atoms with Crippen molar-refractivity contribution in [2.45, 2.75) is 39.2 Å². The van der Waals surface area contributed by atoms with E-state index in [0.29, 0.717) is 13.2 Å². The number of nitrogens with zero attached hydrogens (tertiary/aromatic N) is 2. The van der Waals surface area contributed by atoms with Crippen LogP contribution in [0.5, 0.6) is 5.75 Å². The molecule has 3 rings (SSSR count). The zero-order valence-corrected chi connectivity index (χ0v) is 14.9. The Labute approximate surface area is 149 Å². The van der Waals surface area contributed by atoms with Gasteiger partial charge in [0.1, 0.15) is 11.6 Å². The van der Waals surface area contributed by atoms with Crippen LogP contribution in [-0.2, 0) is 19.4 Å². The molecule has 0 saturated carbocycles. The number of imidazole rings is 1. The summed E-state index contributed by atoms with van der Waals surface area (Å²) in [7, 11) is 0. The van der Waals surface area contributed by atoms with Crippen molar-refractivity contribution in [1.82, 2.24) is 9.55 Å². The van der Waals surface area contributed by atoms with Crippen LogP contribution >= 0.6 is 0 Å². The van der Waals surface area contributed by atoms with E-state index in [2.05, 4.69) is 54.0 Å². The molecule has 0 amide bonds. The van der Waals surface area contributed by atoms with Gasteiger partial charge in [-0.1, -0.05) is 31.2 Å². The van der Waals surface area contributed by atoms with E-state index in [0.717, 1.165) is 49.3 Å². The maximum absolute atomic E-state index is 5.88. The molecule has 132 valence electrons. The zero-order valence-electron chi connectivity index (χ0n) is 14.9. The Kier molecular flexibility index (Phi) is 6.07. The van der Waals surface area contributed by atoms with Crippen LogP contribution < -0.4 is 10.5 Å². The third kappa shape index (κ3) is 4.40. The number of para-hydroxylation sites is 2. The quantitative estimate of drug-likeness (QED) is 0.601. The molecule has 0 atom stereocenters. The van der Waals surface area contributed by atoms with Gasteiger partial charge in [0, 0.05) is 13.0 Å². The second-order valence-electron chi connectivity index (χ2n) is 6.26. The molecule has 0 unspecified atom stereocenters. The van der Waals surface area contributed by atoms with Gasteiger partial charge in [0.2, 0.25) is 0 Å². The predicted octanol–water partition coefficient (Wildman–Crippen LogP) is 3.96. The Morgan fingerprint density at radius 2 is 1.84 bits per heavy atom. The van der Waals surface area contributed by atoms with E-state index in [1.54, 1.807) is 0 Å². The van der Waals surface area contributed by atoms with Crippen molar-refractivity contribution in [2.75, 3.05) is 13.2 Å². The molecule has 0 saturated heterocycles. The van der Waals surface area contributed by atoms with Gasteiger partial charge in [-0.2, -0.15) is 0 Å². The summed E-state index contributed by atoms with van der Waals surface area (Å²) in [4.78, 5) is 4.77. The molecule has 2 N–H and O–H groups in total. The molecule has 0 radical (unpaired) electrons. The number of hydrogen-bond donors (Lipinski definition) is 1. The Morgan fingerprint density at radius 3 is 2.60 bits per heavy atom. The van der Waals surface area contributed by atoms with Crippen molar-refractivity contribution in [1.29, 1.82) is 0 Å². The number of aromatic nitrogens is 2. The first-order chi connectivity index (χ1) is 12.3. The SMILES string of the molecule is CCc1ccc(OCCCn2c(CCCN)nc3ccccc32)cc1. The summed E-state index contributed by atoms with van der Waals surface area (Å²) in [5.74, 6) is 2.06. The summed E-state index contributed by atoms with van der Waals surface area (Å²) < 4.78 is 8.20. The zero-order chi connectivity index (χ0) is 17.5. The van der Waals surface area contributed by atoms with Crippen molar-refractivity contribution in [3.8, 4) is 5.75 Å². The standard InChI is InChI=1S/C21H27N3O/c1-2-17-10-12-18(13-11-17)25-16-6-15-24-20-8-4-3-7-19(20)23-21(24)9-5-14-22/h3-4,7-8,10-13H,2,5-6,9,14-16,22H2,1H3. The highest BCUT2D eigenvalue weighted by Crippen LogP contribution is 2.18. The summed E-state index contributed by atoms with van der Waals surface area (Å²) in [5, 5.41) is 0. The van der Waals surface area contributed by atoms with Crippen molar-refractivity contribution < 1.29 is 4.74 Å². The lowest BCUT2D eigenvalue weighted by Gasteiger charge is -2.10. The number of nitrogens with two attached hydrogens (primary N) is 1. The van der Waals surface area contributed by atoms with Gasteiger partial charge in [-0.3, -0.25) is 0 Å². The molecule has 4 heteroatoms. The van der Waals surface area contributed by atoms with Gasteiger partial charge in [0.15, 0.2) is 0 Å². The number of ether oxygens (including phenoxy) is 1. The molecule has 25 heavy (non-hydrogen) atoms. The average molecular weight is 337 g/mol. The van der Waals surface area contributed by atoms with E-state index in [1.165, 1.54) is 11.1 Å². The smallest absolute Gasteiger partial charge is 0.119 e. The first-order valence-electron chi connectivity index (χ1n) is 9.17. The van der Waals surface area contributed by atoms with Gasteiger partial charge in [-0.05, 0) is 55.6 Å². The molecule has 0 spiro atoms. The molecule has 0 aliphatic heterocycles. The van der Waals surface area contributed by atoms with Crippen LogP contribution in [0.1, 0.15) is 31.2 Å². The molecule has 0 bridgehead atoms. The lowest BCUT2D eigenvalue weighted by molar-refractivity contribution is 0.301. The summed E-state index contributed by atoms with van der Waals surface area (Å²) >= 11 is 0. The highest BCUT2D eigenvalue weighted by atomic mass is 16.5. The molecular formula is C21H27N3O. The minimum atomic E-state index is 0.695. The minimum Gasteiger partial charge on any atom is -0.494 e. The Hall–Kier alpha value is -2.33. The van der Waals surface area contributed by atoms with Crippen LogP contribution in [0.2, 0.25) is 0 Å². The van der Waals surface area contributed by atoms with Gasteiger partial charge in [-0.25, -0.2) is 4.98 Å². The Bertz CT molecular complexity index is 793. The number of rotatable bonds is 9. The van der Waals surface area contributed by atoms with Crippen molar-refractivity contribution in [3.05, 3.63) is 59.9 Å². The fraction of sp³-hybridized carbons (Fsp3) is 0.381. The highest BCUT2D eigenvalue weighted by Gasteiger charge is 2.09. The lowest BCUT2D eigenvalue weighted by Crippen LogP contribution is -2.10. The maximum Gasteiger partial charge on any atom is 0.119 e. The predicted molar refractivity (Wildman–Crippen MR) is 103 cm³/mol. The second kappa shape index (κ2) is 8.67. The van der Waals surface area contributed by atoms with Crippen LogP contribution in [0.4, 0.5) is 0 Å². The fourth-order valence-corrected chi connectivity index (χ4v) is 3.06. The van der Waals surface area contributed by atoms with E-state index < -0.39 is 0 Å². The lowest BCUT2D eigenvalue weighted by atomic mass is 10.2.